The normalized spacial score (nSPS) is 12.1. The molecule has 1 rings (SSSR count). The molecule has 0 aromatic heterocycles. The van der Waals surface area contributed by atoms with E-state index in [0.29, 0.717) is 12.0 Å². The number of carbonyl (C=O) groups is 5. The average molecular weight is 582 g/mol. The number of hydrogen-bond donors (Lipinski definition) is 5. The standard InChI is InChI=1S/C30H41N6O6/c1-9-16-36(17-10-2)27(39)22-18-21(14-13-20(22)5)33-25(37)23(12-11-15-32-28(31)40)34-26(38)24(19(3)4)35-29(41)42-30(6,7)8/h1-2,13-14,18-19,23-24H,5,11-12,15-17H2,3-4,6-8H3,(H,33,37)(H,34,38)(H,35,41)(H3,31,32,40)/t23-,24-/m0/s1. The van der Waals surface area contributed by atoms with Crippen LogP contribution in [0.5, 0.6) is 0 Å². The molecular formula is C30H41N6O6. The zero-order chi connectivity index (χ0) is 32.0. The summed E-state index contributed by atoms with van der Waals surface area (Å²) in [4.78, 5) is 64.4. The molecular weight excluding hydrogens is 540 g/mol. The fourth-order valence-electron chi connectivity index (χ4n) is 3.69. The highest BCUT2D eigenvalue weighted by atomic mass is 16.6. The molecule has 6 N–H and O–H groups in total. The number of nitrogens with zero attached hydrogens (tertiary/aromatic N) is 1. The monoisotopic (exact) mass is 581 g/mol. The number of benzene rings is 1. The molecule has 0 heterocycles. The average Bonchev–Trinajstić information content (AvgIpc) is 2.88. The van der Waals surface area contributed by atoms with Crippen LogP contribution in [-0.2, 0) is 14.3 Å². The van der Waals surface area contributed by atoms with Crippen molar-refractivity contribution in [1.29, 1.82) is 0 Å². The maximum Gasteiger partial charge on any atom is 0.408 e. The van der Waals surface area contributed by atoms with Crippen LogP contribution in [0.4, 0.5) is 15.3 Å². The highest BCUT2D eigenvalue weighted by Gasteiger charge is 2.30. The Morgan fingerprint density at radius 3 is 2.19 bits per heavy atom. The zero-order valence-corrected chi connectivity index (χ0v) is 24.8. The van der Waals surface area contributed by atoms with E-state index >= 15 is 0 Å². The number of hydrogen-bond acceptors (Lipinski definition) is 6. The molecule has 1 aromatic carbocycles. The van der Waals surface area contributed by atoms with Crippen LogP contribution >= 0.6 is 0 Å². The van der Waals surface area contributed by atoms with Gasteiger partial charge in [0, 0.05) is 17.8 Å². The Morgan fingerprint density at radius 1 is 1.05 bits per heavy atom. The second kappa shape index (κ2) is 16.5. The van der Waals surface area contributed by atoms with Crippen LogP contribution in [0.1, 0.15) is 63.4 Å². The summed E-state index contributed by atoms with van der Waals surface area (Å²) in [6.07, 6.45) is 10.4. The fraction of sp³-hybridized carbons (Fsp3) is 0.467. The Balaban J connectivity index is 3.19. The molecule has 0 aliphatic rings. The molecule has 0 saturated heterocycles. The molecule has 0 unspecified atom stereocenters. The summed E-state index contributed by atoms with van der Waals surface area (Å²) in [6.45, 7) is 12.6. The highest BCUT2D eigenvalue weighted by molar-refractivity contribution is 6.01. The van der Waals surface area contributed by atoms with E-state index in [4.69, 9.17) is 23.3 Å². The summed E-state index contributed by atoms with van der Waals surface area (Å²) in [6, 6.07) is 1.74. The van der Waals surface area contributed by atoms with Gasteiger partial charge in [-0.05, 0) is 64.2 Å². The second-order valence-corrected chi connectivity index (χ2v) is 10.8. The summed E-state index contributed by atoms with van der Waals surface area (Å²) in [7, 11) is 0. The van der Waals surface area contributed by atoms with Crippen molar-refractivity contribution in [2.45, 2.75) is 65.1 Å². The minimum atomic E-state index is -1.08. The number of amides is 6. The lowest BCUT2D eigenvalue weighted by Crippen LogP contribution is -2.55. The van der Waals surface area contributed by atoms with E-state index in [2.05, 4.69) is 40.0 Å². The predicted molar refractivity (Wildman–Crippen MR) is 160 cm³/mol. The van der Waals surface area contributed by atoms with E-state index in [1.807, 2.05) is 0 Å². The number of ether oxygens (including phenoxy) is 1. The van der Waals surface area contributed by atoms with Gasteiger partial charge in [-0.25, -0.2) is 9.59 Å². The van der Waals surface area contributed by atoms with E-state index in [-0.39, 0.29) is 43.2 Å². The predicted octanol–water partition coefficient (Wildman–Crippen LogP) is 2.00. The van der Waals surface area contributed by atoms with Gasteiger partial charge in [-0.3, -0.25) is 14.4 Å². The van der Waals surface area contributed by atoms with Crippen LogP contribution in [0.15, 0.2) is 18.2 Å². The molecule has 0 aliphatic carbocycles. The summed E-state index contributed by atoms with van der Waals surface area (Å²) < 4.78 is 5.27. The van der Waals surface area contributed by atoms with Crippen molar-refractivity contribution in [3.05, 3.63) is 36.2 Å². The first-order chi connectivity index (χ1) is 19.6. The number of terminal acetylenes is 2. The minimum Gasteiger partial charge on any atom is -0.444 e. The van der Waals surface area contributed by atoms with Crippen LogP contribution in [0.25, 0.3) is 0 Å². The third kappa shape index (κ3) is 12.2. The molecule has 12 nitrogen and oxygen atoms in total. The summed E-state index contributed by atoms with van der Waals surface area (Å²) in [5, 5.41) is 10.4. The van der Waals surface area contributed by atoms with Gasteiger partial charge in [-0.15, -0.1) is 12.8 Å². The lowest BCUT2D eigenvalue weighted by atomic mass is 10.0. The van der Waals surface area contributed by atoms with Gasteiger partial charge in [0.25, 0.3) is 5.91 Å². The van der Waals surface area contributed by atoms with Gasteiger partial charge in [0.2, 0.25) is 11.8 Å². The fourth-order valence-corrected chi connectivity index (χ4v) is 3.69. The topological polar surface area (TPSA) is 172 Å². The van der Waals surface area contributed by atoms with Crippen LogP contribution in [0.3, 0.4) is 0 Å². The lowest BCUT2D eigenvalue weighted by molar-refractivity contribution is -0.128. The minimum absolute atomic E-state index is 0.0130. The number of alkyl carbamates (subject to hydrolysis) is 1. The molecule has 0 bridgehead atoms. The molecule has 2 atom stereocenters. The highest BCUT2D eigenvalue weighted by Crippen LogP contribution is 2.18. The molecule has 0 spiro atoms. The van der Waals surface area contributed by atoms with E-state index in [1.165, 1.54) is 11.0 Å². The first kappa shape index (κ1) is 35.3. The first-order valence-corrected chi connectivity index (χ1v) is 13.4. The summed E-state index contributed by atoms with van der Waals surface area (Å²) in [5.41, 5.74) is 5.18. The summed E-state index contributed by atoms with van der Waals surface area (Å²) in [5.74, 6) is 2.77. The SMILES string of the molecule is C#CCN(CC#C)C(=O)c1cc(NC(=O)[C@H](CCCNC(N)=O)NC(=O)[C@@H](NC(=O)OC(C)(C)C)C(C)C)ccc1[CH2]. The molecule has 1 radical (unpaired) electrons. The molecule has 42 heavy (non-hydrogen) atoms. The largest absolute Gasteiger partial charge is 0.444 e. The Morgan fingerprint density at radius 2 is 1.67 bits per heavy atom. The smallest absolute Gasteiger partial charge is 0.408 e. The lowest BCUT2D eigenvalue weighted by Gasteiger charge is -2.27. The molecule has 1 aromatic rings. The van der Waals surface area contributed by atoms with E-state index < -0.39 is 47.5 Å². The molecule has 227 valence electrons. The van der Waals surface area contributed by atoms with Gasteiger partial charge < -0.3 is 36.6 Å². The van der Waals surface area contributed by atoms with Gasteiger partial charge in [-0.2, -0.15) is 0 Å². The number of primary amides is 1. The molecule has 0 aliphatic heterocycles. The van der Waals surface area contributed by atoms with Crippen molar-refractivity contribution in [1.82, 2.24) is 20.9 Å². The van der Waals surface area contributed by atoms with Crippen molar-refractivity contribution in [2.75, 3.05) is 25.0 Å². The zero-order valence-electron chi connectivity index (χ0n) is 24.8. The Hall–Kier alpha value is -4.71. The number of anilines is 1. The van der Waals surface area contributed by atoms with Crippen LogP contribution in [-0.4, -0.2) is 72.1 Å². The van der Waals surface area contributed by atoms with E-state index in [0.717, 1.165) is 0 Å². The molecule has 0 saturated carbocycles. The maximum atomic E-state index is 13.4. The van der Waals surface area contributed by atoms with Gasteiger partial charge >= 0.3 is 12.1 Å². The van der Waals surface area contributed by atoms with Crippen molar-refractivity contribution < 1.29 is 28.7 Å². The Bertz CT molecular complexity index is 1210. The summed E-state index contributed by atoms with van der Waals surface area (Å²) >= 11 is 0. The Kier molecular flexibility index (Phi) is 13.9. The van der Waals surface area contributed by atoms with Crippen molar-refractivity contribution in [2.24, 2.45) is 11.7 Å². The van der Waals surface area contributed by atoms with Crippen LogP contribution in [0, 0.1) is 37.5 Å². The van der Waals surface area contributed by atoms with Crippen LogP contribution < -0.4 is 27.0 Å². The number of urea groups is 1. The quantitative estimate of drug-likeness (QED) is 0.176. The Labute approximate surface area is 247 Å². The molecule has 12 heteroatoms. The van der Waals surface area contributed by atoms with Crippen molar-refractivity contribution in [3.8, 4) is 24.7 Å². The third-order valence-electron chi connectivity index (χ3n) is 5.68. The number of nitrogens with two attached hydrogens (primary N) is 1. The second-order valence-electron chi connectivity index (χ2n) is 10.8. The maximum absolute atomic E-state index is 13.4. The molecule has 0 fully saturated rings. The number of carbonyl (C=O) groups excluding carboxylic acids is 5. The molecule has 6 amide bonds. The van der Waals surface area contributed by atoms with Gasteiger partial charge in [-0.1, -0.05) is 31.8 Å². The van der Waals surface area contributed by atoms with Gasteiger partial charge in [0.1, 0.15) is 17.7 Å². The van der Waals surface area contributed by atoms with Crippen LogP contribution in [0.2, 0.25) is 0 Å². The third-order valence-corrected chi connectivity index (χ3v) is 5.68. The van der Waals surface area contributed by atoms with Gasteiger partial charge in [0.15, 0.2) is 0 Å². The van der Waals surface area contributed by atoms with Crippen molar-refractivity contribution in [3.63, 3.8) is 0 Å². The van der Waals surface area contributed by atoms with E-state index in [1.54, 1.807) is 46.8 Å². The van der Waals surface area contributed by atoms with E-state index in [9.17, 15) is 24.0 Å². The first-order valence-electron chi connectivity index (χ1n) is 13.4. The number of nitrogens with one attached hydrogen (secondary N) is 4. The van der Waals surface area contributed by atoms with Gasteiger partial charge in [0.05, 0.1) is 13.1 Å². The van der Waals surface area contributed by atoms with Crippen molar-refractivity contribution >= 4 is 35.5 Å². The number of rotatable bonds is 13.